The average molecular weight is 229 g/mol. The molecule has 86 valence electrons. The Bertz CT molecular complexity index is 616. The summed E-state index contributed by atoms with van der Waals surface area (Å²) in [5.41, 5.74) is 0.252. The maximum absolute atomic E-state index is 11.9. The predicted molar refractivity (Wildman–Crippen MR) is 63.0 cm³/mol. The number of aromatic amines is 1. The molecule has 2 rings (SSSR count). The molecule has 5 heteroatoms. The Hall–Kier alpha value is -2.48. The lowest BCUT2D eigenvalue weighted by atomic mass is 10.2. The summed E-state index contributed by atoms with van der Waals surface area (Å²) in [6.45, 7) is 0. The summed E-state index contributed by atoms with van der Waals surface area (Å²) in [6, 6.07) is 0. The molecule has 0 fully saturated rings. The van der Waals surface area contributed by atoms with E-state index in [2.05, 4.69) is 15.9 Å². The fourth-order valence-electron chi connectivity index (χ4n) is 1.52. The van der Waals surface area contributed by atoms with E-state index >= 15 is 0 Å². The first-order chi connectivity index (χ1) is 8.26. The number of allylic oxidation sites excluding steroid dienone is 2. The minimum atomic E-state index is -0.158. The van der Waals surface area contributed by atoms with Gasteiger partial charge in [-0.05, 0) is 0 Å². The van der Waals surface area contributed by atoms with Gasteiger partial charge >= 0.3 is 0 Å². The van der Waals surface area contributed by atoms with Gasteiger partial charge in [-0.25, -0.2) is 4.98 Å². The smallest absolute Gasteiger partial charge is 0.278 e. The Morgan fingerprint density at radius 3 is 3.24 bits per heavy atom. The van der Waals surface area contributed by atoms with E-state index in [-0.39, 0.29) is 5.56 Å². The first-order valence-corrected chi connectivity index (χ1v) is 4.99. The first-order valence-electron chi connectivity index (χ1n) is 4.99. The van der Waals surface area contributed by atoms with Crippen molar-refractivity contribution in [3.63, 3.8) is 0 Å². The Morgan fingerprint density at radius 1 is 1.76 bits per heavy atom. The van der Waals surface area contributed by atoms with Crippen molar-refractivity contribution in [2.24, 2.45) is 0 Å². The number of H-pyrrole nitrogens is 1. The number of methoxy groups -OCH3 is 1. The van der Waals surface area contributed by atoms with Crippen LogP contribution in [0.25, 0.3) is 5.82 Å². The second kappa shape index (κ2) is 4.58. The Kier molecular flexibility index (Phi) is 2.97. The van der Waals surface area contributed by atoms with Crippen molar-refractivity contribution in [2.45, 2.75) is 6.42 Å². The monoisotopic (exact) mass is 229 g/mol. The van der Waals surface area contributed by atoms with Gasteiger partial charge < -0.3 is 9.72 Å². The molecule has 0 saturated carbocycles. The van der Waals surface area contributed by atoms with Crippen molar-refractivity contribution in [1.82, 2.24) is 14.5 Å². The van der Waals surface area contributed by atoms with Crippen molar-refractivity contribution < 1.29 is 4.74 Å². The van der Waals surface area contributed by atoms with Gasteiger partial charge in [0.2, 0.25) is 0 Å². The van der Waals surface area contributed by atoms with Gasteiger partial charge in [0, 0.05) is 24.7 Å². The van der Waals surface area contributed by atoms with Gasteiger partial charge in [-0.15, -0.1) is 6.42 Å². The molecule has 2 aliphatic heterocycles. The number of imidazole rings is 1. The molecule has 0 atom stereocenters. The molecule has 0 amide bonds. The third-order valence-electron chi connectivity index (χ3n) is 2.34. The van der Waals surface area contributed by atoms with E-state index < -0.39 is 0 Å². The maximum atomic E-state index is 11.9. The minimum absolute atomic E-state index is 0.158. The lowest BCUT2D eigenvalue weighted by molar-refractivity contribution is 0.283. The van der Waals surface area contributed by atoms with Crippen molar-refractivity contribution in [2.75, 3.05) is 7.11 Å². The van der Waals surface area contributed by atoms with Gasteiger partial charge in [0.15, 0.2) is 5.82 Å². The number of ether oxygens (including phenoxy) is 1. The molecule has 1 N–H and O–H groups in total. The van der Waals surface area contributed by atoms with Gasteiger partial charge in [0.25, 0.3) is 5.56 Å². The first kappa shape index (κ1) is 11.0. The number of hydrogen-bond donors (Lipinski definition) is 1. The summed E-state index contributed by atoms with van der Waals surface area (Å²) < 4.78 is 6.54. The van der Waals surface area contributed by atoms with Crippen LogP contribution in [0.4, 0.5) is 0 Å². The van der Waals surface area contributed by atoms with Crippen molar-refractivity contribution in [3.05, 3.63) is 46.5 Å². The van der Waals surface area contributed by atoms with E-state index in [1.165, 1.54) is 17.8 Å². The van der Waals surface area contributed by atoms with Crippen molar-refractivity contribution in [1.29, 1.82) is 0 Å². The zero-order valence-electron chi connectivity index (χ0n) is 9.30. The topological polar surface area (TPSA) is 59.9 Å². The summed E-state index contributed by atoms with van der Waals surface area (Å²) in [7, 11) is 1.51. The Balaban J connectivity index is 2.42. The Labute approximate surface area is 98.1 Å². The van der Waals surface area contributed by atoms with E-state index in [0.29, 0.717) is 23.7 Å². The second-order valence-electron chi connectivity index (χ2n) is 3.38. The molecule has 0 aliphatic carbocycles. The average Bonchev–Trinajstić information content (AvgIpc) is 2.66. The van der Waals surface area contributed by atoms with Crippen LogP contribution >= 0.6 is 0 Å². The minimum Gasteiger partial charge on any atom is -0.500 e. The number of aromatic nitrogens is 3. The molecule has 0 saturated heterocycles. The third kappa shape index (κ3) is 2.06. The van der Waals surface area contributed by atoms with Gasteiger partial charge in [-0.2, -0.15) is 0 Å². The number of fused-ring (bicyclic) bond motifs is 1. The highest BCUT2D eigenvalue weighted by atomic mass is 16.5. The number of nitrogens with one attached hydrogen (secondary N) is 1. The molecule has 0 bridgehead atoms. The number of rotatable bonds is 3. The van der Waals surface area contributed by atoms with Crippen LogP contribution < -0.4 is 5.56 Å². The summed E-state index contributed by atoms with van der Waals surface area (Å²) in [5, 5.41) is 0. The van der Waals surface area contributed by atoms with Gasteiger partial charge in [-0.3, -0.25) is 9.36 Å². The summed E-state index contributed by atoms with van der Waals surface area (Å²) in [4.78, 5) is 19.0. The highest BCUT2D eigenvalue weighted by Gasteiger charge is 2.14. The molecule has 2 aliphatic rings. The molecule has 0 aromatic carbocycles. The fourth-order valence-corrected chi connectivity index (χ4v) is 1.52. The predicted octanol–water partition coefficient (Wildman–Crippen LogP) is 0.704. The van der Waals surface area contributed by atoms with Crippen molar-refractivity contribution >= 4 is 0 Å². The number of nitrogens with zero attached hydrogens (tertiary/aromatic N) is 2. The molecule has 0 spiro atoms. The largest absolute Gasteiger partial charge is 0.500 e. The van der Waals surface area contributed by atoms with E-state index in [1.54, 1.807) is 18.6 Å². The quantitative estimate of drug-likeness (QED) is 0.622. The van der Waals surface area contributed by atoms with Gasteiger partial charge in [0.1, 0.15) is 11.5 Å². The van der Waals surface area contributed by atoms with Crippen LogP contribution in [-0.4, -0.2) is 21.6 Å². The molecule has 0 unspecified atom stereocenters. The molecule has 0 aromatic heterocycles. The highest BCUT2D eigenvalue weighted by molar-refractivity contribution is 5.27. The summed E-state index contributed by atoms with van der Waals surface area (Å²) in [5.74, 6) is 3.47. The van der Waals surface area contributed by atoms with Crippen molar-refractivity contribution in [3.8, 4) is 18.2 Å². The third-order valence-corrected chi connectivity index (χ3v) is 2.34. The van der Waals surface area contributed by atoms with E-state index in [4.69, 9.17) is 11.2 Å². The molecule has 0 radical (unpaired) electrons. The molecular weight excluding hydrogens is 218 g/mol. The highest BCUT2D eigenvalue weighted by Crippen LogP contribution is 2.08. The van der Waals surface area contributed by atoms with Crippen LogP contribution in [0.15, 0.2) is 35.2 Å². The number of terminal acetylenes is 1. The van der Waals surface area contributed by atoms with Crippen LogP contribution in [0.3, 0.4) is 0 Å². The standard InChI is InChI=1S/C12H11N3O2/c1-3-4-9(17-2)7-10-12(16)15-6-5-13-8-11(15)14-10/h1,4-6,8,13H,7H2,2H3/b9-4-. The maximum Gasteiger partial charge on any atom is 0.278 e. The van der Waals surface area contributed by atoms with Gasteiger partial charge in [0.05, 0.1) is 13.5 Å². The summed E-state index contributed by atoms with van der Waals surface area (Å²) in [6.07, 6.45) is 11.9. The van der Waals surface area contributed by atoms with Gasteiger partial charge in [-0.1, -0.05) is 5.92 Å². The van der Waals surface area contributed by atoms with Crippen LogP contribution in [0.1, 0.15) is 5.69 Å². The fraction of sp³-hybridized carbons (Fsp3) is 0.167. The molecule has 17 heavy (non-hydrogen) atoms. The van der Waals surface area contributed by atoms with Crippen LogP contribution in [-0.2, 0) is 11.2 Å². The van der Waals surface area contributed by atoms with Crippen LogP contribution in [0.2, 0.25) is 0 Å². The summed E-state index contributed by atoms with van der Waals surface area (Å²) >= 11 is 0. The zero-order chi connectivity index (χ0) is 12.3. The van der Waals surface area contributed by atoms with E-state index in [9.17, 15) is 4.79 Å². The molecule has 0 aromatic rings. The van der Waals surface area contributed by atoms with E-state index in [0.717, 1.165) is 0 Å². The Morgan fingerprint density at radius 2 is 2.59 bits per heavy atom. The molecule has 5 nitrogen and oxygen atoms in total. The van der Waals surface area contributed by atoms with E-state index in [1.807, 2.05) is 0 Å². The normalized spacial score (nSPS) is 11.4. The molecular formula is C12H11N3O2. The molecule has 2 heterocycles. The lowest BCUT2D eigenvalue weighted by Gasteiger charge is -2.00. The SMILES string of the molecule is C#C/C=C(/Cc1nc2c[nH]ccn-2c1=O)OC. The lowest BCUT2D eigenvalue weighted by Crippen LogP contribution is -2.15. The zero-order valence-corrected chi connectivity index (χ0v) is 9.30. The number of hydrogen-bond acceptors (Lipinski definition) is 3. The van der Waals surface area contributed by atoms with Crippen LogP contribution in [0, 0.1) is 12.3 Å². The van der Waals surface area contributed by atoms with Crippen LogP contribution in [0.5, 0.6) is 0 Å². The second-order valence-corrected chi connectivity index (χ2v) is 3.38.